The van der Waals surface area contributed by atoms with Crippen LogP contribution in [0.3, 0.4) is 0 Å². The number of aliphatic hydroxyl groups excluding tert-OH is 1. The van der Waals surface area contributed by atoms with Crippen molar-refractivity contribution in [2.24, 2.45) is 33.5 Å². The molecule has 0 radical (unpaired) electrons. The highest BCUT2D eigenvalue weighted by Gasteiger charge is 2.78. The van der Waals surface area contributed by atoms with Gasteiger partial charge in [-0.25, -0.2) is 0 Å². The van der Waals surface area contributed by atoms with Crippen LogP contribution in [0, 0.1) is 33.5 Å². The number of fused-ring (bicyclic) bond motifs is 4. The minimum absolute atomic E-state index is 0.00631. The van der Waals surface area contributed by atoms with E-state index >= 15 is 0 Å². The number of rotatable bonds is 3. The summed E-state index contributed by atoms with van der Waals surface area (Å²) in [5.74, 6) is 0.597. The third-order valence-electron chi connectivity index (χ3n) is 11.9. The summed E-state index contributed by atoms with van der Waals surface area (Å²) >= 11 is 0. The van der Waals surface area contributed by atoms with E-state index in [-0.39, 0.29) is 45.4 Å². The molecule has 5 aliphatic rings. The Hall–Kier alpha value is -1.13. The summed E-state index contributed by atoms with van der Waals surface area (Å²) in [5, 5.41) is 10.9. The Labute approximate surface area is 212 Å². The van der Waals surface area contributed by atoms with E-state index in [2.05, 4.69) is 60.6 Å². The van der Waals surface area contributed by atoms with Gasteiger partial charge in [0.15, 0.2) is 0 Å². The number of epoxide rings is 1. The molecule has 5 rings (SSSR count). The van der Waals surface area contributed by atoms with E-state index in [1.54, 1.807) is 7.11 Å². The summed E-state index contributed by atoms with van der Waals surface area (Å²) < 4.78 is 12.2. The topological polar surface area (TPSA) is 59.1 Å². The first-order valence-electron chi connectivity index (χ1n) is 14.0. The van der Waals surface area contributed by atoms with Gasteiger partial charge >= 0.3 is 5.97 Å². The molecule has 0 unspecified atom stereocenters. The number of methoxy groups -OCH3 is 1. The molecule has 0 bridgehead atoms. The van der Waals surface area contributed by atoms with Crippen LogP contribution in [0.25, 0.3) is 0 Å². The lowest BCUT2D eigenvalue weighted by atomic mass is 9.45. The molecule has 1 aliphatic heterocycles. The molecule has 0 spiro atoms. The SMILES string of the molecule is COC(=O)[C@@]12CCC(C)=C(/C=C\[C@@]34O[C@]3(C)CC[C@H]3C(C)(C)[C@@H](O)CC[C@@]34C)[C@@H]1CC(C)(C)CC2. The van der Waals surface area contributed by atoms with Crippen LogP contribution >= 0.6 is 0 Å². The van der Waals surface area contributed by atoms with Crippen LogP contribution in [0.2, 0.25) is 0 Å². The van der Waals surface area contributed by atoms with E-state index < -0.39 is 5.41 Å². The maximum absolute atomic E-state index is 13.2. The van der Waals surface area contributed by atoms with Crippen molar-refractivity contribution in [2.75, 3.05) is 7.11 Å². The molecule has 1 N–H and O–H groups in total. The Morgan fingerprint density at radius 1 is 1.03 bits per heavy atom. The van der Waals surface area contributed by atoms with Gasteiger partial charge in [-0.3, -0.25) is 4.79 Å². The zero-order valence-electron chi connectivity index (χ0n) is 23.4. The predicted molar refractivity (Wildman–Crippen MR) is 139 cm³/mol. The molecule has 0 aromatic rings. The second-order valence-electron chi connectivity index (χ2n) is 14.6. The number of hydrogen-bond acceptors (Lipinski definition) is 4. The fraction of sp³-hybridized carbons (Fsp3) is 0.839. The number of ether oxygens (including phenoxy) is 2. The summed E-state index contributed by atoms with van der Waals surface area (Å²) in [6.45, 7) is 16.2. The van der Waals surface area contributed by atoms with Crippen LogP contribution in [0.5, 0.6) is 0 Å². The molecule has 0 aromatic heterocycles. The Bertz CT molecular complexity index is 974. The molecule has 4 nitrogen and oxygen atoms in total. The molecular weight excluding hydrogens is 436 g/mol. The average Bonchev–Trinajstić information content (AvgIpc) is 3.42. The maximum atomic E-state index is 13.2. The maximum Gasteiger partial charge on any atom is 0.312 e. The van der Waals surface area contributed by atoms with Gasteiger partial charge in [-0.15, -0.1) is 0 Å². The molecule has 4 heteroatoms. The Morgan fingerprint density at radius 2 is 1.74 bits per heavy atom. The summed E-state index contributed by atoms with van der Waals surface area (Å²) in [7, 11) is 1.55. The minimum Gasteiger partial charge on any atom is -0.469 e. The van der Waals surface area contributed by atoms with Crippen LogP contribution in [0.4, 0.5) is 0 Å². The zero-order chi connectivity index (χ0) is 25.7. The van der Waals surface area contributed by atoms with Crippen molar-refractivity contribution in [1.29, 1.82) is 0 Å². The molecule has 35 heavy (non-hydrogen) atoms. The summed E-state index contributed by atoms with van der Waals surface area (Å²) in [5.41, 5.74) is 2.02. The van der Waals surface area contributed by atoms with Crippen molar-refractivity contribution >= 4 is 5.97 Å². The van der Waals surface area contributed by atoms with Gasteiger partial charge in [-0.2, -0.15) is 0 Å². The summed E-state index contributed by atoms with van der Waals surface area (Å²) in [6.07, 6.45) is 13.3. The van der Waals surface area contributed by atoms with Gasteiger partial charge in [-0.1, -0.05) is 46.3 Å². The fourth-order valence-corrected chi connectivity index (χ4v) is 9.44. The van der Waals surface area contributed by atoms with E-state index in [1.165, 1.54) is 11.1 Å². The Kier molecular flexibility index (Phi) is 5.61. The molecular formula is C31H48O4. The number of aliphatic hydroxyl groups is 1. The summed E-state index contributed by atoms with van der Waals surface area (Å²) in [4.78, 5) is 13.2. The first-order chi connectivity index (χ1) is 16.2. The third-order valence-corrected chi connectivity index (χ3v) is 11.9. The van der Waals surface area contributed by atoms with Crippen LogP contribution in [-0.2, 0) is 14.3 Å². The van der Waals surface area contributed by atoms with E-state index in [9.17, 15) is 9.90 Å². The lowest BCUT2D eigenvalue weighted by Gasteiger charge is -2.58. The monoisotopic (exact) mass is 484 g/mol. The molecule has 0 aromatic carbocycles. The third kappa shape index (κ3) is 3.34. The highest BCUT2D eigenvalue weighted by molar-refractivity contribution is 5.78. The molecule has 4 aliphatic carbocycles. The molecule has 1 saturated heterocycles. The molecule has 3 saturated carbocycles. The first-order valence-corrected chi connectivity index (χ1v) is 14.0. The van der Waals surface area contributed by atoms with Crippen molar-refractivity contribution in [3.63, 3.8) is 0 Å². The van der Waals surface area contributed by atoms with Crippen molar-refractivity contribution in [3.8, 4) is 0 Å². The normalized spacial score (nSPS) is 48.1. The quantitative estimate of drug-likeness (QED) is 0.355. The van der Waals surface area contributed by atoms with Crippen LogP contribution in [0.1, 0.15) is 106 Å². The van der Waals surface area contributed by atoms with E-state index in [1.807, 2.05) is 0 Å². The molecule has 196 valence electrons. The van der Waals surface area contributed by atoms with Gasteiger partial charge < -0.3 is 14.6 Å². The zero-order valence-corrected chi connectivity index (χ0v) is 23.4. The van der Waals surface area contributed by atoms with E-state index in [0.29, 0.717) is 5.92 Å². The largest absolute Gasteiger partial charge is 0.469 e. The van der Waals surface area contributed by atoms with Gasteiger partial charge in [0.05, 0.1) is 24.2 Å². The van der Waals surface area contributed by atoms with Crippen molar-refractivity contribution < 1.29 is 19.4 Å². The number of hydrogen-bond donors (Lipinski definition) is 1. The highest BCUT2D eigenvalue weighted by Crippen LogP contribution is 2.73. The highest BCUT2D eigenvalue weighted by atomic mass is 16.6. The van der Waals surface area contributed by atoms with Gasteiger partial charge in [0.25, 0.3) is 0 Å². The molecule has 7 atom stereocenters. The lowest BCUT2D eigenvalue weighted by Crippen LogP contribution is -2.59. The lowest BCUT2D eigenvalue weighted by molar-refractivity contribution is -0.161. The van der Waals surface area contributed by atoms with Gasteiger partial charge in [0.1, 0.15) is 5.60 Å². The molecule has 1 heterocycles. The van der Waals surface area contributed by atoms with Crippen LogP contribution in [-0.4, -0.2) is 35.5 Å². The number of allylic oxidation sites excluding steroid dienone is 3. The van der Waals surface area contributed by atoms with Crippen LogP contribution in [0.15, 0.2) is 23.3 Å². The van der Waals surface area contributed by atoms with Gasteiger partial charge in [-0.05, 0) is 100 Å². The fourth-order valence-electron chi connectivity index (χ4n) is 9.44. The van der Waals surface area contributed by atoms with Gasteiger partial charge in [0, 0.05) is 11.3 Å². The Morgan fingerprint density at radius 3 is 2.43 bits per heavy atom. The standard InChI is InChI=1S/C31H48O4/c1-20-9-15-30(25(33)34-8)18-17-26(2,3)19-22(30)21(20)10-16-31-28(6)13-12-24(32)27(4,5)23(28)11-14-29(31,7)35-31/h10,16,22-24,32H,9,11-15,17-19H2,1-8H3/b16-10-/t22-,23-,24-,28-,29+,30+,31-/m0/s1. The second-order valence-corrected chi connectivity index (χ2v) is 14.6. The molecule has 0 amide bonds. The van der Waals surface area contributed by atoms with E-state index in [0.717, 1.165) is 57.8 Å². The van der Waals surface area contributed by atoms with Crippen molar-refractivity contribution in [1.82, 2.24) is 0 Å². The predicted octanol–water partition coefficient (Wildman–Crippen LogP) is 6.76. The van der Waals surface area contributed by atoms with E-state index in [4.69, 9.17) is 9.47 Å². The smallest absolute Gasteiger partial charge is 0.312 e. The number of carbonyl (C=O) groups is 1. The van der Waals surface area contributed by atoms with Gasteiger partial charge in [0.2, 0.25) is 0 Å². The van der Waals surface area contributed by atoms with Crippen LogP contribution < -0.4 is 0 Å². The first kappa shape index (κ1) is 25.5. The summed E-state index contributed by atoms with van der Waals surface area (Å²) in [6, 6.07) is 0. The molecule has 4 fully saturated rings. The van der Waals surface area contributed by atoms with Crippen molar-refractivity contribution in [3.05, 3.63) is 23.3 Å². The Balaban J connectivity index is 1.55. The average molecular weight is 485 g/mol. The van der Waals surface area contributed by atoms with Crippen molar-refractivity contribution in [2.45, 2.75) is 124 Å². The minimum atomic E-state index is -0.398. The number of esters is 1. The number of carbonyl (C=O) groups excluding carboxylic acids is 1. The second kappa shape index (κ2) is 7.69.